The molecule has 15 unspecified atom stereocenters. The summed E-state index contributed by atoms with van der Waals surface area (Å²) < 4.78 is 0. The normalized spacial score (nSPS) is 18.4. The van der Waals surface area contributed by atoms with Crippen LogP contribution in [0.5, 0.6) is 0 Å². The molecule has 2 aliphatic rings. The van der Waals surface area contributed by atoms with Crippen molar-refractivity contribution in [2.24, 2.45) is 17.6 Å². The number of nitrogens with two attached hydrogens (primary N) is 1. The van der Waals surface area contributed by atoms with Gasteiger partial charge in [0.1, 0.15) is 78.5 Å². The van der Waals surface area contributed by atoms with Gasteiger partial charge < -0.3 is 110 Å². The van der Waals surface area contributed by atoms with E-state index in [1.807, 2.05) is 0 Å². The van der Waals surface area contributed by atoms with E-state index in [0.717, 1.165) is 9.80 Å². The number of aliphatic carboxylic acids is 3. The maximum Gasteiger partial charge on any atom is 0.326 e. The Labute approximate surface area is 562 Å². The molecule has 2 fully saturated rings. The van der Waals surface area contributed by atoms with Crippen molar-refractivity contribution < 1.29 is 113 Å². The van der Waals surface area contributed by atoms with Crippen molar-refractivity contribution in [3.05, 3.63) is 35.9 Å². The van der Waals surface area contributed by atoms with Gasteiger partial charge in [-0.25, -0.2) is 4.79 Å². The highest BCUT2D eigenvalue weighted by Gasteiger charge is 2.43. The lowest BCUT2D eigenvalue weighted by Crippen LogP contribution is -2.62. The number of rotatable bonds is 41. The lowest BCUT2D eigenvalue weighted by molar-refractivity contribution is -0.148. The van der Waals surface area contributed by atoms with Crippen molar-refractivity contribution >= 4 is 101 Å². The zero-order chi connectivity index (χ0) is 73.0. The average Bonchev–Trinajstić information content (AvgIpc) is 1.74. The molecule has 0 radical (unpaired) electrons. The van der Waals surface area contributed by atoms with E-state index in [1.165, 1.54) is 18.7 Å². The molecule has 2 saturated heterocycles. The first-order valence-electron chi connectivity index (χ1n) is 31.5. The van der Waals surface area contributed by atoms with Gasteiger partial charge in [0, 0.05) is 19.5 Å². The number of carbonyl (C=O) groups excluding carboxylic acids is 12. The van der Waals surface area contributed by atoms with Gasteiger partial charge in [-0.15, -0.1) is 0 Å². The standard InChI is InChI=1S/C60H93N13O23S/c1-7-30(4)47(71-53(88)39(26-75)67-50(85)35(22-32-13-9-8-10-14-32)63-52(87)38(25-74)68-56(91)46(61)31(5)78)57(92)65-34(21-29(2)3)49(84)62-33(17-20-97-6)48(83)69-40(27-76)58(93)72-18-11-15-42(72)54(89)64-36(23-44(79)80)51(86)70-41(28-77)59(94)73-19-12-16-43(73)55(90)66-37(60(95)96)24-45(81)82/h8-10,13-14,29-31,33-43,46-47,74-78H,7,11-12,15-28,61H2,1-6H3,(H,62,84)(H,63,87)(H,64,89)(H,65,92)(H,66,90)(H,67,85)(H,68,91)(H,69,83)(H,70,86)(H,71,88)(H,79,80)(H,81,82)(H,95,96). The third kappa shape index (κ3) is 25.7. The van der Waals surface area contributed by atoms with Crippen molar-refractivity contribution in [2.45, 2.75) is 183 Å². The summed E-state index contributed by atoms with van der Waals surface area (Å²) in [5.41, 5.74) is 6.19. The SMILES string of the molecule is CCC(C)C(NC(=O)C(CO)NC(=O)C(Cc1ccccc1)NC(=O)C(CO)NC(=O)C(N)C(C)O)C(=O)NC(CC(C)C)C(=O)NC(CCSC)C(=O)NC(CO)C(=O)N1CCCC1C(=O)NC(CC(=O)O)C(=O)NC(CO)C(=O)N1CCCC1C(=O)NC(CC(=O)O)C(=O)O. The predicted molar refractivity (Wildman–Crippen MR) is 341 cm³/mol. The topological polar surface area (TPSA) is 571 Å². The smallest absolute Gasteiger partial charge is 0.326 e. The molecule has 0 spiro atoms. The van der Waals surface area contributed by atoms with E-state index >= 15 is 0 Å². The molecule has 36 nitrogen and oxygen atoms in total. The van der Waals surface area contributed by atoms with Gasteiger partial charge in [0.2, 0.25) is 70.9 Å². The van der Waals surface area contributed by atoms with Crippen LogP contribution in [0.25, 0.3) is 0 Å². The molecular weight excluding hydrogens is 1300 g/mol. The van der Waals surface area contributed by atoms with Crippen LogP contribution in [0.4, 0.5) is 0 Å². The molecule has 12 amide bonds. The van der Waals surface area contributed by atoms with Crippen molar-refractivity contribution in [3.8, 4) is 0 Å². The summed E-state index contributed by atoms with van der Waals surface area (Å²) in [4.78, 5) is 202. The van der Waals surface area contributed by atoms with E-state index < -0.39 is 219 Å². The number of nitrogens with one attached hydrogen (secondary N) is 10. The van der Waals surface area contributed by atoms with Crippen LogP contribution in [-0.4, -0.2) is 276 Å². The second-order valence-electron chi connectivity index (χ2n) is 23.9. The highest BCUT2D eigenvalue weighted by molar-refractivity contribution is 7.98. The van der Waals surface area contributed by atoms with Crippen molar-refractivity contribution in [1.29, 1.82) is 0 Å². The van der Waals surface area contributed by atoms with Gasteiger partial charge in [0.05, 0.1) is 45.4 Å². The largest absolute Gasteiger partial charge is 0.481 e. The molecule has 542 valence electrons. The summed E-state index contributed by atoms with van der Waals surface area (Å²) in [6, 6.07) is -12.8. The Hall–Kier alpha value is -8.62. The van der Waals surface area contributed by atoms with E-state index in [2.05, 4.69) is 53.2 Å². The van der Waals surface area contributed by atoms with Crippen LogP contribution < -0.4 is 58.9 Å². The molecule has 20 N–H and O–H groups in total. The first-order chi connectivity index (χ1) is 45.8. The Bertz CT molecular complexity index is 2930. The fourth-order valence-electron chi connectivity index (χ4n) is 10.4. The molecule has 15 atom stereocenters. The van der Waals surface area contributed by atoms with E-state index in [-0.39, 0.29) is 76.1 Å². The van der Waals surface area contributed by atoms with Crippen LogP contribution in [0.1, 0.15) is 98.0 Å². The number of amides is 12. The van der Waals surface area contributed by atoms with Crippen LogP contribution in [0.2, 0.25) is 0 Å². The highest BCUT2D eigenvalue weighted by Crippen LogP contribution is 2.22. The van der Waals surface area contributed by atoms with Crippen molar-refractivity contribution in [3.63, 3.8) is 0 Å². The predicted octanol–water partition coefficient (Wildman–Crippen LogP) is -7.38. The van der Waals surface area contributed by atoms with Gasteiger partial charge in [-0.3, -0.25) is 67.1 Å². The number of thioether (sulfide) groups is 1. The minimum atomic E-state index is -1.97. The van der Waals surface area contributed by atoms with Crippen molar-refractivity contribution in [2.75, 3.05) is 51.5 Å². The highest BCUT2D eigenvalue weighted by atomic mass is 32.2. The molecule has 0 aliphatic carbocycles. The Morgan fingerprint density at radius 1 is 0.515 bits per heavy atom. The molecule has 3 rings (SSSR count). The molecule has 0 saturated carbocycles. The van der Waals surface area contributed by atoms with Crippen molar-refractivity contribution in [1.82, 2.24) is 63.0 Å². The number of benzene rings is 1. The Morgan fingerprint density at radius 3 is 1.37 bits per heavy atom. The minimum absolute atomic E-state index is 0.0273. The second-order valence-corrected chi connectivity index (χ2v) is 24.9. The van der Waals surface area contributed by atoms with Crippen LogP contribution in [0, 0.1) is 11.8 Å². The summed E-state index contributed by atoms with van der Waals surface area (Å²) in [7, 11) is 0. The number of nitrogens with zero attached hydrogens (tertiary/aromatic N) is 2. The molecule has 1 aromatic rings. The molecule has 1 aromatic carbocycles. The molecule has 37 heteroatoms. The Morgan fingerprint density at radius 2 is 0.918 bits per heavy atom. The quantitative estimate of drug-likeness (QED) is 0.0290. The summed E-state index contributed by atoms with van der Waals surface area (Å²) in [5.74, 6) is -18.1. The summed E-state index contributed by atoms with van der Waals surface area (Å²) in [6.07, 6.45) is -1.60. The zero-order valence-corrected chi connectivity index (χ0v) is 55.5. The molecule has 2 aliphatic heterocycles. The van der Waals surface area contributed by atoms with Crippen LogP contribution in [0.3, 0.4) is 0 Å². The zero-order valence-electron chi connectivity index (χ0n) is 54.7. The summed E-state index contributed by atoms with van der Waals surface area (Å²) >= 11 is 1.27. The van der Waals surface area contributed by atoms with Crippen LogP contribution in [0.15, 0.2) is 30.3 Å². The van der Waals surface area contributed by atoms with E-state index in [1.54, 1.807) is 64.3 Å². The summed E-state index contributed by atoms with van der Waals surface area (Å²) in [6.45, 7) is 3.49. The van der Waals surface area contributed by atoms with Gasteiger partial charge in [-0.2, -0.15) is 11.8 Å². The number of likely N-dealkylation sites (tertiary alicyclic amines) is 2. The van der Waals surface area contributed by atoms with Gasteiger partial charge in [0.15, 0.2) is 0 Å². The van der Waals surface area contributed by atoms with Crippen LogP contribution >= 0.6 is 11.8 Å². The lowest BCUT2D eigenvalue weighted by Gasteiger charge is -2.31. The summed E-state index contributed by atoms with van der Waals surface area (Å²) in [5, 5.41) is 103. The maximum atomic E-state index is 14.3. The molecule has 2 heterocycles. The Balaban J connectivity index is 1.79. The van der Waals surface area contributed by atoms with Gasteiger partial charge >= 0.3 is 17.9 Å². The fraction of sp³-hybridized carbons (Fsp3) is 0.650. The molecule has 0 bridgehead atoms. The Kier molecular flexibility index (Phi) is 34.8. The molecule has 0 aromatic heterocycles. The monoisotopic (exact) mass is 1400 g/mol. The van der Waals surface area contributed by atoms with Gasteiger partial charge in [0.25, 0.3) is 0 Å². The van der Waals surface area contributed by atoms with Crippen LogP contribution in [-0.2, 0) is 78.3 Å². The number of carbonyl (C=O) groups is 15. The number of hydrogen-bond donors (Lipinski definition) is 19. The first-order valence-corrected chi connectivity index (χ1v) is 32.9. The molecular formula is C60H93N13O23S. The van der Waals surface area contributed by atoms with Gasteiger partial charge in [-0.05, 0) is 74.9 Å². The number of carboxylic acid groups (broad SMARTS) is 3. The van der Waals surface area contributed by atoms with E-state index in [4.69, 9.17) is 10.8 Å². The third-order valence-corrected chi connectivity index (χ3v) is 16.7. The number of aliphatic hydroxyl groups excluding tert-OH is 5. The average molecular weight is 1400 g/mol. The maximum absolute atomic E-state index is 14.3. The third-order valence-electron chi connectivity index (χ3n) is 16.0. The van der Waals surface area contributed by atoms with E-state index in [0.29, 0.717) is 5.56 Å². The minimum Gasteiger partial charge on any atom is -0.481 e. The van der Waals surface area contributed by atoms with E-state index in [9.17, 15) is 108 Å². The number of aliphatic hydroxyl groups is 5. The molecule has 97 heavy (non-hydrogen) atoms. The number of carboxylic acids is 3. The second kappa shape index (κ2) is 40.8. The fourth-order valence-corrected chi connectivity index (χ4v) is 10.9. The van der Waals surface area contributed by atoms with Gasteiger partial charge in [-0.1, -0.05) is 64.4 Å². The first kappa shape index (κ1) is 82.6. The number of hydrogen-bond acceptors (Lipinski definition) is 22. The lowest BCUT2D eigenvalue weighted by atomic mass is 9.96.